The number of carbonyl (C=O) groups is 2. The fourth-order valence-corrected chi connectivity index (χ4v) is 2.25. The fraction of sp³-hybridized carbons (Fsp3) is 0. The largest absolute Gasteiger partial charge is 0.359 e. The van der Waals surface area contributed by atoms with Gasteiger partial charge in [-0.3, -0.25) is 9.59 Å². The molecule has 0 fully saturated rings. The van der Waals surface area contributed by atoms with Crippen molar-refractivity contribution in [3.8, 4) is 0 Å². The Morgan fingerprint density at radius 1 is 0.640 bits per heavy atom. The molecule has 0 amide bonds. The molecular weight excluding hydrogens is 359 g/mol. The van der Waals surface area contributed by atoms with Crippen LogP contribution in [0.25, 0.3) is 0 Å². The Kier molecular flexibility index (Phi) is 6.51. The van der Waals surface area contributed by atoms with Crippen LogP contribution in [0.3, 0.4) is 0 Å². The number of nitrogens with one attached hydrogen (secondary N) is 2. The maximum Gasteiger partial charge on any atom is 0.187 e. The fourth-order valence-electron chi connectivity index (χ4n) is 2.25. The molecule has 0 saturated heterocycles. The summed E-state index contributed by atoms with van der Waals surface area (Å²) in [6, 6.07) is 7.57. The van der Waals surface area contributed by atoms with Crippen LogP contribution in [0, 0.1) is 0 Å². The van der Waals surface area contributed by atoms with Gasteiger partial charge in [-0.05, 0) is 36.4 Å². The average molecular weight is 375 g/mol. The first-order valence-electron chi connectivity index (χ1n) is 7.54. The Hall–Kier alpha value is -2.89. The molecule has 4 nitrogen and oxygen atoms in total. The quantitative estimate of drug-likeness (QED) is 0.789. The van der Waals surface area contributed by atoms with Gasteiger partial charge in [0.25, 0.3) is 0 Å². The van der Waals surface area contributed by atoms with Gasteiger partial charge in [0, 0.05) is 40.3 Å². The number of hydrogen-bond donors (Lipinski definition) is 2. The van der Waals surface area contributed by atoms with Gasteiger partial charge in [-0.25, -0.2) is 0 Å². The first-order valence-corrected chi connectivity index (χ1v) is 7.54. The van der Waals surface area contributed by atoms with Crippen LogP contribution in [0.4, 0.5) is 11.4 Å². The molecule has 0 bridgehead atoms. The van der Waals surface area contributed by atoms with Crippen molar-refractivity contribution in [2.75, 3.05) is 10.6 Å². The van der Waals surface area contributed by atoms with Crippen LogP contribution < -0.4 is 10.6 Å². The summed E-state index contributed by atoms with van der Waals surface area (Å²) in [4.78, 5) is 23.5. The number of ketones is 2. The van der Waals surface area contributed by atoms with Gasteiger partial charge >= 0.3 is 0 Å². The van der Waals surface area contributed by atoms with E-state index in [1.165, 1.54) is 12.2 Å². The van der Waals surface area contributed by atoms with Crippen LogP contribution in [0.1, 0.15) is 0 Å². The first-order chi connectivity index (χ1) is 11.7. The van der Waals surface area contributed by atoms with E-state index in [4.69, 9.17) is 0 Å². The molecule has 127 valence electrons. The van der Waals surface area contributed by atoms with Crippen molar-refractivity contribution in [2.45, 2.75) is 0 Å². The van der Waals surface area contributed by atoms with Crippen LogP contribution >= 0.6 is 0 Å². The van der Waals surface area contributed by atoms with Crippen molar-refractivity contribution in [1.82, 2.24) is 0 Å². The second kappa shape index (κ2) is 8.82. The summed E-state index contributed by atoms with van der Waals surface area (Å²) >= 11 is 0. The molecule has 0 unspecified atom stereocenters. The maximum absolute atomic E-state index is 11.7. The third-order valence-corrected chi connectivity index (χ3v) is 3.53. The first kappa shape index (κ1) is 18.4. The minimum Gasteiger partial charge on any atom is -0.359 e. The number of benzene rings is 1. The van der Waals surface area contributed by atoms with E-state index in [1.54, 1.807) is 36.7 Å². The van der Waals surface area contributed by atoms with Gasteiger partial charge in [0.05, 0.1) is 11.4 Å². The molecule has 2 N–H and O–H groups in total. The average Bonchev–Trinajstić information content (AvgIpc) is 2.61. The molecule has 3 rings (SSSR count). The number of rotatable bonds is 4. The molecule has 0 saturated carbocycles. The topological polar surface area (TPSA) is 58.2 Å². The Bertz CT molecular complexity index is 787. The molecule has 0 atom stereocenters. The molecule has 0 aromatic heterocycles. The number of allylic oxidation sites excluding steroid dienone is 10. The Labute approximate surface area is 156 Å². The summed E-state index contributed by atoms with van der Waals surface area (Å²) in [7, 11) is 0. The van der Waals surface area contributed by atoms with Crippen molar-refractivity contribution >= 4 is 22.9 Å². The van der Waals surface area contributed by atoms with Crippen LogP contribution in [-0.4, -0.2) is 11.6 Å². The number of para-hydroxylation sites is 2. The normalized spacial score (nSPS) is 18.6. The molecule has 25 heavy (non-hydrogen) atoms. The summed E-state index contributed by atoms with van der Waals surface area (Å²) in [5, 5.41) is 6.27. The van der Waals surface area contributed by atoms with Crippen LogP contribution in [0.15, 0.2) is 96.4 Å². The second-order valence-corrected chi connectivity index (χ2v) is 5.20. The second-order valence-electron chi connectivity index (χ2n) is 5.20. The molecule has 0 spiro atoms. The zero-order valence-corrected chi connectivity index (χ0v) is 14.3. The summed E-state index contributed by atoms with van der Waals surface area (Å²) in [6.07, 6.45) is 17.0. The molecular formula is C20H16CoN2O2. The van der Waals surface area contributed by atoms with E-state index < -0.39 is 0 Å². The third-order valence-electron chi connectivity index (χ3n) is 3.53. The van der Waals surface area contributed by atoms with Crippen molar-refractivity contribution < 1.29 is 26.4 Å². The van der Waals surface area contributed by atoms with Crippen LogP contribution in [0.2, 0.25) is 0 Å². The molecule has 0 aliphatic heterocycles. The van der Waals surface area contributed by atoms with Gasteiger partial charge in [0.15, 0.2) is 11.6 Å². The standard InChI is InChI=1S/C20H16N2O2.Co/c23-19-11-5-1-7-15(19)13-21-17-9-3-4-10-18(17)22-14-16-8-2-6-12-20(16)24;/h1-14,21-22H;/b15-13-,16-14-;. The molecule has 2 aliphatic rings. The summed E-state index contributed by atoms with van der Waals surface area (Å²) < 4.78 is 0. The minimum absolute atomic E-state index is 0. The predicted molar refractivity (Wildman–Crippen MR) is 96.4 cm³/mol. The molecule has 0 heterocycles. The SMILES string of the molecule is O=C1C=CC=C/C1=C/Nc1ccccc1N/C=C1/C=CC=CC1=O.[Co]. The van der Waals surface area contributed by atoms with Gasteiger partial charge in [-0.15, -0.1) is 0 Å². The van der Waals surface area contributed by atoms with Crippen LogP contribution in [-0.2, 0) is 26.4 Å². The van der Waals surface area contributed by atoms with E-state index in [1.807, 2.05) is 36.4 Å². The Morgan fingerprint density at radius 3 is 1.44 bits per heavy atom. The van der Waals surface area contributed by atoms with E-state index in [9.17, 15) is 9.59 Å². The third kappa shape index (κ3) is 4.79. The van der Waals surface area contributed by atoms with Crippen molar-refractivity contribution in [1.29, 1.82) is 0 Å². The van der Waals surface area contributed by atoms with Gasteiger partial charge < -0.3 is 10.6 Å². The molecule has 1 radical (unpaired) electrons. The zero-order valence-electron chi connectivity index (χ0n) is 13.2. The van der Waals surface area contributed by atoms with Gasteiger partial charge in [-0.1, -0.05) is 36.4 Å². The summed E-state index contributed by atoms with van der Waals surface area (Å²) in [6.45, 7) is 0. The van der Waals surface area contributed by atoms with E-state index in [0.717, 1.165) is 11.4 Å². The molecule has 1 aromatic rings. The molecule has 5 heteroatoms. The van der Waals surface area contributed by atoms with E-state index in [-0.39, 0.29) is 28.3 Å². The van der Waals surface area contributed by atoms with E-state index >= 15 is 0 Å². The van der Waals surface area contributed by atoms with Crippen molar-refractivity contribution in [3.05, 3.63) is 96.4 Å². The van der Waals surface area contributed by atoms with E-state index in [2.05, 4.69) is 10.6 Å². The van der Waals surface area contributed by atoms with Gasteiger partial charge in [-0.2, -0.15) is 0 Å². The van der Waals surface area contributed by atoms with Crippen LogP contribution in [0.5, 0.6) is 0 Å². The van der Waals surface area contributed by atoms with E-state index in [0.29, 0.717) is 11.1 Å². The van der Waals surface area contributed by atoms with Gasteiger partial charge in [0.1, 0.15) is 0 Å². The smallest absolute Gasteiger partial charge is 0.187 e. The molecule has 2 aliphatic carbocycles. The summed E-state index contributed by atoms with van der Waals surface area (Å²) in [5.41, 5.74) is 2.78. The maximum atomic E-state index is 11.7. The zero-order chi connectivity index (χ0) is 16.8. The van der Waals surface area contributed by atoms with Crippen molar-refractivity contribution in [2.24, 2.45) is 0 Å². The van der Waals surface area contributed by atoms with Gasteiger partial charge in [0.2, 0.25) is 0 Å². The monoisotopic (exact) mass is 375 g/mol. The number of hydrogen-bond acceptors (Lipinski definition) is 4. The van der Waals surface area contributed by atoms with Crippen molar-refractivity contribution in [3.63, 3.8) is 0 Å². The Balaban J connectivity index is 0.00000225. The predicted octanol–water partition coefficient (Wildman–Crippen LogP) is 3.67. The number of carbonyl (C=O) groups excluding carboxylic acids is 2. The minimum atomic E-state index is -0.0396. The number of anilines is 2. The molecule has 1 aromatic carbocycles. The summed E-state index contributed by atoms with van der Waals surface area (Å²) in [5.74, 6) is -0.0791. The Morgan fingerprint density at radius 2 is 1.04 bits per heavy atom.